The predicted molar refractivity (Wildman–Crippen MR) is 115 cm³/mol. The number of benzene rings is 2. The first-order valence-corrected chi connectivity index (χ1v) is 10.6. The Balaban J connectivity index is 1.81. The Morgan fingerprint density at radius 1 is 1.21 bits per heavy atom. The number of amides is 2. The molecule has 0 saturated heterocycles. The van der Waals surface area contributed by atoms with Gasteiger partial charge in [-0.3, -0.25) is 14.4 Å². The number of ether oxygens (including phenoxy) is 2. The van der Waals surface area contributed by atoms with Crippen LogP contribution in [0.2, 0.25) is 0 Å². The van der Waals surface area contributed by atoms with Gasteiger partial charge in [0, 0.05) is 24.2 Å². The van der Waals surface area contributed by atoms with Crippen molar-refractivity contribution in [3.8, 4) is 11.5 Å². The molecule has 2 aromatic rings. The van der Waals surface area contributed by atoms with Crippen LogP contribution in [-0.2, 0) is 9.59 Å². The molecular weight excluding hydrogens is 479 g/mol. The van der Waals surface area contributed by atoms with Crippen molar-refractivity contribution in [3.63, 3.8) is 0 Å². The van der Waals surface area contributed by atoms with E-state index < -0.39 is 52.8 Å². The van der Waals surface area contributed by atoms with Crippen molar-refractivity contribution < 1.29 is 42.1 Å². The topological polar surface area (TPSA) is 118 Å². The van der Waals surface area contributed by atoms with Gasteiger partial charge in [0.05, 0.1) is 19.1 Å². The Hall–Kier alpha value is -3.74. The molecule has 1 atom stereocenters. The molecule has 13 heteroatoms. The lowest BCUT2D eigenvalue weighted by molar-refractivity contribution is -0.137. The molecule has 0 radical (unpaired) electrons. The molecule has 9 nitrogen and oxygen atoms in total. The molecule has 1 aliphatic rings. The summed E-state index contributed by atoms with van der Waals surface area (Å²) in [6, 6.07) is 5.42. The minimum Gasteiger partial charge on any atom is -0.492 e. The number of halogens is 3. The second-order valence-corrected chi connectivity index (χ2v) is 7.69. The van der Waals surface area contributed by atoms with Crippen molar-refractivity contribution in [2.75, 3.05) is 20.3 Å². The average Bonchev–Trinajstić information content (AvgIpc) is 3.26. The number of carboxylic acids is 1. The average molecular weight is 497 g/mol. The van der Waals surface area contributed by atoms with Crippen molar-refractivity contribution in [3.05, 3.63) is 58.9 Å². The lowest BCUT2D eigenvalue weighted by Crippen LogP contribution is -2.31. The standard InChI is InChI=1S/C21H18F3N3O6S/c1-32-19-12(3-2-4-15(19)33-9-16(28)25-6-5-17(29)30)21-27(26-10-34-21)20(31)18-13(23)7-11(22)8-14(18)24/h2-4,7-8,10,21H,5-6,9H2,1H3,(H,25,28)(H,29,30). The lowest BCUT2D eigenvalue weighted by Gasteiger charge is -2.24. The number of hydrazone groups is 1. The van der Waals surface area contributed by atoms with Gasteiger partial charge in [0.2, 0.25) is 0 Å². The summed E-state index contributed by atoms with van der Waals surface area (Å²) in [7, 11) is 1.32. The van der Waals surface area contributed by atoms with Crippen LogP contribution in [0.5, 0.6) is 11.5 Å². The fourth-order valence-electron chi connectivity index (χ4n) is 3.04. The van der Waals surface area contributed by atoms with Gasteiger partial charge in [0.15, 0.2) is 18.1 Å². The van der Waals surface area contributed by atoms with Crippen LogP contribution in [0.15, 0.2) is 35.4 Å². The van der Waals surface area contributed by atoms with Crippen molar-refractivity contribution in [1.82, 2.24) is 10.3 Å². The molecule has 2 N–H and O–H groups in total. The summed E-state index contributed by atoms with van der Waals surface area (Å²) in [5.41, 5.74) is 0.686. The summed E-state index contributed by atoms with van der Waals surface area (Å²) in [5, 5.41) is 14.8. The van der Waals surface area contributed by atoms with Crippen LogP contribution in [0.25, 0.3) is 0 Å². The Kier molecular flexibility index (Phi) is 7.99. The zero-order chi connectivity index (χ0) is 24.8. The fourth-order valence-corrected chi connectivity index (χ4v) is 3.91. The summed E-state index contributed by atoms with van der Waals surface area (Å²) in [5.74, 6) is -6.39. The first-order chi connectivity index (χ1) is 16.2. The Labute approximate surface area is 195 Å². The summed E-state index contributed by atoms with van der Waals surface area (Å²) < 4.78 is 52.4. The molecule has 3 rings (SSSR count). The molecule has 0 aliphatic carbocycles. The fraction of sp³-hybridized carbons (Fsp3) is 0.238. The number of hydrogen-bond donors (Lipinski definition) is 2. The van der Waals surface area contributed by atoms with Gasteiger partial charge in [-0.2, -0.15) is 5.10 Å². The van der Waals surface area contributed by atoms with Crippen LogP contribution >= 0.6 is 11.8 Å². The normalized spacial score (nSPS) is 14.7. The van der Waals surface area contributed by atoms with E-state index in [-0.39, 0.29) is 24.5 Å². The third kappa shape index (κ3) is 5.60. The van der Waals surface area contributed by atoms with Crippen LogP contribution in [0.4, 0.5) is 13.2 Å². The maximum absolute atomic E-state index is 14.2. The van der Waals surface area contributed by atoms with E-state index in [4.69, 9.17) is 14.6 Å². The predicted octanol–water partition coefficient (Wildman–Crippen LogP) is 2.91. The Morgan fingerprint density at radius 3 is 2.56 bits per heavy atom. The lowest BCUT2D eigenvalue weighted by atomic mass is 10.1. The molecule has 0 aromatic heterocycles. The minimum absolute atomic E-state index is 0.0711. The summed E-state index contributed by atoms with van der Waals surface area (Å²) in [4.78, 5) is 35.3. The van der Waals surface area contributed by atoms with Crippen LogP contribution in [0, 0.1) is 17.5 Å². The van der Waals surface area contributed by atoms with E-state index in [0.29, 0.717) is 17.7 Å². The number of carbonyl (C=O) groups is 3. The van der Waals surface area contributed by atoms with Gasteiger partial charge in [-0.25, -0.2) is 18.2 Å². The van der Waals surface area contributed by atoms with Crippen molar-refractivity contribution in [2.45, 2.75) is 11.8 Å². The summed E-state index contributed by atoms with van der Waals surface area (Å²) in [6.07, 6.45) is -0.247. The smallest absolute Gasteiger partial charge is 0.305 e. The molecule has 1 unspecified atom stereocenters. The molecule has 34 heavy (non-hydrogen) atoms. The summed E-state index contributed by atoms with van der Waals surface area (Å²) in [6.45, 7) is -0.513. The Bertz CT molecular complexity index is 1120. The number of thioether (sulfide) groups is 1. The number of methoxy groups -OCH3 is 1. The molecule has 180 valence electrons. The SMILES string of the molecule is COc1c(OCC(=O)NCCC(=O)O)cccc1C1SC=NN1C(=O)c1c(F)cc(F)cc1F. The number of para-hydroxylation sites is 1. The largest absolute Gasteiger partial charge is 0.492 e. The number of carboxylic acid groups (broad SMARTS) is 1. The van der Waals surface area contributed by atoms with Crippen LogP contribution in [0.1, 0.15) is 27.7 Å². The molecule has 1 aliphatic heterocycles. The van der Waals surface area contributed by atoms with Crippen molar-refractivity contribution in [1.29, 1.82) is 0 Å². The van der Waals surface area contributed by atoms with Gasteiger partial charge in [-0.05, 0) is 6.07 Å². The molecule has 0 spiro atoms. The van der Waals surface area contributed by atoms with E-state index in [1.54, 1.807) is 12.1 Å². The van der Waals surface area contributed by atoms with E-state index in [2.05, 4.69) is 10.4 Å². The minimum atomic E-state index is -1.37. The van der Waals surface area contributed by atoms with Gasteiger partial charge in [-0.15, -0.1) is 0 Å². The zero-order valence-electron chi connectivity index (χ0n) is 17.6. The van der Waals surface area contributed by atoms with Crippen LogP contribution in [-0.4, -0.2) is 53.7 Å². The highest BCUT2D eigenvalue weighted by atomic mass is 32.2. The maximum atomic E-state index is 14.2. The zero-order valence-corrected chi connectivity index (χ0v) is 18.4. The number of nitrogens with zero attached hydrogens (tertiary/aromatic N) is 2. The number of rotatable bonds is 9. The van der Waals surface area contributed by atoms with Gasteiger partial charge >= 0.3 is 5.97 Å². The highest BCUT2D eigenvalue weighted by Crippen LogP contribution is 2.44. The third-order valence-electron chi connectivity index (χ3n) is 4.51. The maximum Gasteiger partial charge on any atom is 0.305 e. The van der Waals surface area contributed by atoms with Gasteiger partial charge < -0.3 is 19.9 Å². The van der Waals surface area contributed by atoms with Gasteiger partial charge in [-0.1, -0.05) is 23.9 Å². The molecule has 2 amide bonds. The van der Waals surface area contributed by atoms with Crippen LogP contribution in [0.3, 0.4) is 0 Å². The molecule has 0 fully saturated rings. The van der Waals surface area contributed by atoms with Crippen molar-refractivity contribution in [2.24, 2.45) is 5.10 Å². The number of aliphatic carboxylic acids is 1. The highest BCUT2D eigenvalue weighted by Gasteiger charge is 2.35. The summed E-state index contributed by atoms with van der Waals surface area (Å²) >= 11 is 1.04. The number of carbonyl (C=O) groups excluding carboxylic acids is 2. The quantitative estimate of drug-likeness (QED) is 0.547. The highest BCUT2D eigenvalue weighted by molar-refractivity contribution is 8.12. The van der Waals surface area contributed by atoms with E-state index in [1.807, 2.05) is 0 Å². The molecule has 0 saturated carbocycles. The van der Waals surface area contributed by atoms with Crippen LogP contribution < -0.4 is 14.8 Å². The molecule has 1 heterocycles. The van der Waals surface area contributed by atoms with E-state index in [9.17, 15) is 27.6 Å². The molecular formula is C21H18F3N3O6S. The molecule has 2 aromatic carbocycles. The van der Waals surface area contributed by atoms with E-state index in [0.717, 1.165) is 16.8 Å². The number of hydrogen-bond acceptors (Lipinski definition) is 7. The second-order valence-electron chi connectivity index (χ2n) is 6.76. The van der Waals surface area contributed by atoms with E-state index >= 15 is 0 Å². The first kappa shape index (κ1) is 24.9. The molecule has 0 bridgehead atoms. The van der Waals surface area contributed by atoms with Gasteiger partial charge in [0.25, 0.3) is 11.8 Å². The monoisotopic (exact) mass is 497 g/mol. The number of nitrogens with one attached hydrogen (secondary N) is 1. The van der Waals surface area contributed by atoms with Crippen molar-refractivity contribution >= 4 is 35.1 Å². The van der Waals surface area contributed by atoms with E-state index in [1.165, 1.54) is 18.7 Å². The van der Waals surface area contributed by atoms with Gasteiger partial charge in [0.1, 0.15) is 28.4 Å². The second kappa shape index (κ2) is 10.9. The Morgan fingerprint density at radius 2 is 1.91 bits per heavy atom. The first-order valence-electron chi connectivity index (χ1n) is 9.67. The third-order valence-corrected chi connectivity index (χ3v) is 5.44.